The van der Waals surface area contributed by atoms with Crippen molar-refractivity contribution in [3.8, 4) is 0 Å². The van der Waals surface area contributed by atoms with Gasteiger partial charge in [0.2, 0.25) is 5.91 Å². The van der Waals surface area contributed by atoms with E-state index in [-0.39, 0.29) is 5.91 Å². The lowest BCUT2D eigenvalue weighted by atomic mass is 10.2. The number of amides is 1. The van der Waals surface area contributed by atoms with Crippen LogP contribution in [0, 0.1) is 6.92 Å². The van der Waals surface area contributed by atoms with Gasteiger partial charge in [-0.1, -0.05) is 0 Å². The van der Waals surface area contributed by atoms with Gasteiger partial charge in [0.25, 0.3) is 0 Å². The molecule has 0 aliphatic rings. The Labute approximate surface area is 81.3 Å². The van der Waals surface area contributed by atoms with E-state index in [2.05, 4.69) is 15.3 Å². The Kier molecular flexibility index (Phi) is 1.96. The van der Waals surface area contributed by atoms with Crippen molar-refractivity contribution in [2.24, 2.45) is 0 Å². The number of aromatic amines is 1. The number of rotatable bonds is 1. The van der Waals surface area contributed by atoms with Crippen LogP contribution >= 0.6 is 0 Å². The molecule has 2 heterocycles. The summed E-state index contributed by atoms with van der Waals surface area (Å²) in [5.41, 5.74) is 1.90. The molecule has 0 fully saturated rings. The molecule has 4 nitrogen and oxygen atoms in total. The maximum atomic E-state index is 10.8. The van der Waals surface area contributed by atoms with E-state index in [1.54, 1.807) is 0 Å². The van der Waals surface area contributed by atoms with E-state index >= 15 is 0 Å². The van der Waals surface area contributed by atoms with Crippen LogP contribution in [-0.4, -0.2) is 15.9 Å². The fraction of sp³-hybridized carbons (Fsp3) is 0.200. The first kappa shape index (κ1) is 8.74. The summed E-state index contributed by atoms with van der Waals surface area (Å²) in [6, 6.07) is 3.83. The smallest absolute Gasteiger partial charge is 0.222 e. The number of aryl methyl sites for hydroxylation is 1. The third-order valence-electron chi connectivity index (χ3n) is 2.04. The molecular formula is C10H11N3O. The third kappa shape index (κ3) is 1.46. The molecule has 0 unspecified atom stereocenters. The van der Waals surface area contributed by atoms with Gasteiger partial charge in [0, 0.05) is 18.5 Å². The summed E-state index contributed by atoms with van der Waals surface area (Å²) in [6.07, 6.45) is 1.84. The van der Waals surface area contributed by atoms with E-state index in [1.165, 1.54) is 6.92 Å². The van der Waals surface area contributed by atoms with Gasteiger partial charge in [-0.3, -0.25) is 4.79 Å². The van der Waals surface area contributed by atoms with Crippen LogP contribution in [-0.2, 0) is 4.79 Å². The molecule has 0 saturated carbocycles. The Balaban J connectivity index is 2.53. The van der Waals surface area contributed by atoms with Gasteiger partial charge in [-0.25, -0.2) is 4.98 Å². The zero-order chi connectivity index (χ0) is 10.1. The zero-order valence-corrected chi connectivity index (χ0v) is 8.09. The van der Waals surface area contributed by atoms with Crippen molar-refractivity contribution in [2.45, 2.75) is 13.8 Å². The van der Waals surface area contributed by atoms with Crippen molar-refractivity contribution < 1.29 is 4.79 Å². The minimum absolute atomic E-state index is 0.109. The molecule has 0 saturated heterocycles. The predicted molar refractivity (Wildman–Crippen MR) is 55.1 cm³/mol. The molecule has 0 atom stereocenters. The van der Waals surface area contributed by atoms with Crippen molar-refractivity contribution in [3.63, 3.8) is 0 Å². The Morgan fingerprint density at radius 3 is 3.07 bits per heavy atom. The molecule has 4 heteroatoms. The van der Waals surface area contributed by atoms with Gasteiger partial charge in [0.1, 0.15) is 11.5 Å². The number of pyridine rings is 1. The van der Waals surface area contributed by atoms with Crippen LogP contribution in [0.5, 0.6) is 0 Å². The maximum Gasteiger partial charge on any atom is 0.222 e. The van der Waals surface area contributed by atoms with Crippen LogP contribution in [0.25, 0.3) is 11.0 Å². The molecule has 14 heavy (non-hydrogen) atoms. The second kappa shape index (κ2) is 3.14. The van der Waals surface area contributed by atoms with Crippen LogP contribution in [0.4, 0.5) is 5.82 Å². The van der Waals surface area contributed by atoms with Crippen molar-refractivity contribution in [3.05, 3.63) is 23.9 Å². The molecular weight excluding hydrogens is 178 g/mol. The number of anilines is 1. The number of nitrogens with zero attached hydrogens (tertiary/aromatic N) is 1. The van der Waals surface area contributed by atoms with Gasteiger partial charge in [-0.2, -0.15) is 0 Å². The Bertz CT molecular complexity index is 487. The van der Waals surface area contributed by atoms with Crippen LogP contribution in [0.3, 0.4) is 0 Å². The zero-order valence-electron chi connectivity index (χ0n) is 8.09. The van der Waals surface area contributed by atoms with Crippen LogP contribution < -0.4 is 5.32 Å². The fourth-order valence-electron chi connectivity index (χ4n) is 1.45. The molecule has 0 radical (unpaired) electrons. The van der Waals surface area contributed by atoms with Crippen LogP contribution in [0.1, 0.15) is 12.5 Å². The molecule has 2 rings (SSSR count). The van der Waals surface area contributed by atoms with Crippen molar-refractivity contribution in [2.75, 3.05) is 5.32 Å². The average Bonchev–Trinajstić information content (AvgIpc) is 2.50. The molecule has 0 aliphatic heterocycles. The number of fused-ring (bicyclic) bond motifs is 1. The Hall–Kier alpha value is -1.84. The normalized spacial score (nSPS) is 10.4. The largest absolute Gasteiger partial charge is 0.346 e. The van der Waals surface area contributed by atoms with Crippen LogP contribution in [0.2, 0.25) is 0 Å². The van der Waals surface area contributed by atoms with Crippen molar-refractivity contribution in [1.82, 2.24) is 9.97 Å². The van der Waals surface area contributed by atoms with Crippen molar-refractivity contribution >= 4 is 22.8 Å². The number of carbonyl (C=O) groups is 1. The van der Waals surface area contributed by atoms with E-state index in [1.807, 2.05) is 25.3 Å². The van der Waals surface area contributed by atoms with Crippen LogP contribution in [0.15, 0.2) is 18.3 Å². The minimum atomic E-state index is -0.109. The summed E-state index contributed by atoms with van der Waals surface area (Å²) in [7, 11) is 0. The number of carbonyl (C=O) groups excluding carboxylic acids is 1. The quantitative estimate of drug-likeness (QED) is 0.719. The SMILES string of the molecule is CC(=O)Nc1cc(C)c2cc[nH]c2n1. The predicted octanol–water partition coefficient (Wildman–Crippen LogP) is 1.83. The molecule has 0 bridgehead atoms. The standard InChI is InChI=1S/C10H11N3O/c1-6-5-9(12-7(2)14)13-10-8(6)3-4-11-10/h3-5H,1-2H3,(H2,11,12,13,14). The topological polar surface area (TPSA) is 57.8 Å². The van der Waals surface area contributed by atoms with Gasteiger partial charge in [-0.05, 0) is 24.6 Å². The van der Waals surface area contributed by atoms with Gasteiger partial charge >= 0.3 is 0 Å². The van der Waals surface area contributed by atoms with E-state index in [9.17, 15) is 4.79 Å². The maximum absolute atomic E-state index is 10.8. The average molecular weight is 189 g/mol. The molecule has 0 aliphatic carbocycles. The van der Waals surface area contributed by atoms with E-state index in [0.29, 0.717) is 5.82 Å². The first-order valence-electron chi connectivity index (χ1n) is 4.39. The summed E-state index contributed by atoms with van der Waals surface area (Å²) in [5, 5.41) is 3.74. The van der Waals surface area contributed by atoms with Gasteiger partial charge in [0.15, 0.2) is 0 Å². The van der Waals surface area contributed by atoms with Gasteiger partial charge < -0.3 is 10.3 Å². The first-order valence-corrected chi connectivity index (χ1v) is 4.39. The summed E-state index contributed by atoms with van der Waals surface area (Å²) >= 11 is 0. The molecule has 2 aromatic heterocycles. The summed E-state index contributed by atoms with van der Waals surface area (Å²) in [4.78, 5) is 18.1. The number of H-pyrrole nitrogens is 1. The molecule has 0 spiro atoms. The highest BCUT2D eigenvalue weighted by Crippen LogP contribution is 2.18. The summed E-state index contributed by atoms with van der Waals surface area (Å²) < 4.78 is 0. The van der Waals surface area contributed by atoms with E-state index in [4.69, 9.17) is 0 Å². The lowest BCUT2D eigenvalue weighted by Gasteiger charge is -2.02. The van der Waals surface area contributed by atoms with E-state index in [0.717, 1.165) is 16.6 Å². The highest BCUT2D eigenvalue weighted by Gasteiger charge is 2.03. The van der Waals surface area contributed by atoms with Gasteiger partial charge in [0.05, 0.1) is 0 Å². The highest BCUT2D eigenvalue weighted by molar-refractivity contribution is 5.90. The van der Waals surface area contributed by atoms with Gasteiger partial charge in [-0.15, -0.1) is 0 Å². The lowest BCUT2D eigenvalue weighted by Crippen LogP contribution is -2.07. The van der Waals surface area contributed by atoms with Crippen molar-refractivity contribution in [1.29, 1.82) is 0 Å². The third-order valence-corrected chi connectivity index (χ3v) is 2.04. The summed E-state index contributed by atoms with van der Waals surface area (Å²) in [6.45, 7) is 3.46. The minimum Gasteiger partial charge on any atom is -0.346 e. The summed E-state index contributed by atoms with van der Waals surface area (Å²) in [5.74, 6) is 0.479. The second-order valence-electron chi connectivity index (χ2n) is 3.25. The molecule has 2 aromatic rings. The fourth-order valence-corrected chi connectivity index (χ4v) is 1.45. The molecule has 0 aromatic carbocycles. The lowest BCUT2D eigenvalue weighted by molar-refractivity contribution is -0.114. The molecule has 2 N–H and O–H groups in total. The highest BCUT2D eigenvalue weighted by atomic mass is 16.1. The number of aromatic nitrogens is 2. The number of hydrogen-bond acceptors (Lipinski definition) is 2. The number of hydrogen-bond donors (Lipinski definition) is 2. The van der Waals surface area contributed by atoms with E-state index < -0.39 is 0 Å². The second-order valence-corrected chi connectivity index (χ2v) is 3.25. The first-order chi connectivity index (χ1) is 6.66. The monoisotopic (exact) mass is 189 g/mol. The Morgan fingerprint density at radius 1 is 1.57 bits per heavy atom. The Morgan fingerprint density at radius 2 is 2.36 bits per heavy atom. The number of nitrogens with one attached hydrogen (secondary N) is 2. The molecule has 72 valence electrons. The molecule has 1 amide bonds.